The predicted octanol–water partition coefficient (Wildman–Crippen LogP) is 2.78. The molecule has 0 bridgehead atoms. The number of rotatable bonds is 6. The number of carbonyl (C=O) groups is 1. The van der Waals surface area contributed by atoms with Gasteiger partial charge in [-0.2, -0.15) is 0 Å². The van der Waals surface area contributed by atoms with Crippen molar-refractivity contribution in [2.24, 2.45) is 0 Å². The molecule has 0 heterocycles. The van der Waals surface area contributed by atoms with E-state index in [1.54, 1.807) is 26.2 Å². The Hall–Kier alpha value is -2.49. The molecule has 0 aliphatic heterocycles. The van der Waals surface area contributed by atoms with Gasteiger partial charge in [-0.05, 0) is 24.6 Å². The van der Waals surface area contributed by atoms with Crippen LogP contribution in [-0.4, -0.2) is 19.1 Å². The lowest BCUT2D eigenvalue weighted by Crippen LogP contribution is -2.35. The van der Waals surface area contributed by atoms with Crippen LogP contribution in [0, 0.1) is 0 Å². The maximum atomic E-state index is 12.0. The molecular formula is C17H19NO3. The van der Waals surface area contributed by atoms with Crippen LogP contribution in [0.4, 0.5) is 0 Å². The smallest absolute Gasteiger partial charge is 0.261 e. The normalized spacial score (nSPS) is 11.5. The molecule has 0 radical (unpaired) electrons. The molecule has 21 heavy (non-hydrogen) atoms. The van der Waals surface area contributed by atoms with Crippen LogP contribution in [0.5, 0.6) is 11.5 Å². The van der Waals surface area contributed by atoms with Gasteiger partial charge in [0.25, 0.3) is 5.91 Å². The number of amides is 1. The minimum atomic E-state index is -0.593. The Bertz CT molecular complexity index is 584. The van der Waals surface area contributed by atoms with Gasteiger partial charge in [-0.15, -0.1) is 0 Å². The molecule has 0 saturated carbocycles. The summed E-state index contributed by atoms with van der Waals surface area (Å²) in [5.41, 5.74) is 1.05. The topological polar surface area (TPSA) is 47.6 Å². The summed E-state index contributed by atoms with van der Waals surface area (Å²) in [5.74, 6) is 1.01. The maximum absolute atomic E-state index is 12.0. The van der Waals surface area contributed by atoms with Crippen molar-refractivity contribution < 1.29 is 14.3 Å². The van der Waals surface area contributed by atoms with Gasteiger partial charge in [-0.3, -0.25) is 4.79 Å². The molecule has 0 spiro atoms. The zero-order chi connectivity index (χ0) is 15.1. The van der Waals surface area contributed by atoms with Crippen molar-refractivity contribution in [2.75, 3.05) is 7.11 Å². The summed E-state index contributed by atoms with van der Waals surface area (Å²) in [5, 5.41) is 2.85. The van der Waals surface area contributed by atoms with Crippen molar-refractivity contribution >= 4 is 5.91 Å². The Morgan fingerprint density at radius 3 is 2.33 bits per heavy atom. The Morgan fingerprint density at radius 1 is 1.05 bits per heavy atom. The van der Waals surface area contributed by atoms with E-state index in [9.17, 15) is 4.79 Å². The SMILES string of the molecule is COc1ccccc1O[C@H](C)C(=O)NCc1ccccc1. The van der Waals surface area contributed by atoms with E-state index in [4.69, 9.17) is 9.47 Å². The summed E-state index contributed by atoms with van der Waals surface area (Å²) >= 11 is 0. The van der Waals surface area contributed by atoms with Crippen LogP contribution < -0.4 is 14.8 Å². The van der Waals surface area contributed by atoms with Gasteiger partial charge in [0.05, 0.1) is 7.11 Å². The molecule has 1 N–H and O–H groups in total. The van der Waals surface area contributed by atoms with Crippen molar-refractivity contribution in [2.45, 2.75) is 19.6 Å². The van der Waals surface area contributed by atoms with Crippen LogP contribution in [-0.2, 0) is 11.3 Å². The quantitative estimate of drug-likeness (QED) is 0.887. The highest BCUT2D eigenvalue weighted by atomic mass is 16.5. The van der Waals surface area contributed by atoms with Crippen molar-refractivity contribution in [3.05, 3.63) is 60.2 Å². The van der Waals surface area contributed by atoms with E-state index in [2.05, 4.69) is 5.32 Å². The Labute approximate surface area is 124 Å². The summed E-state index contributed by atoms with van der Waals surface area (Å²) in [7, 11) is 1.57. The van der Waals surface area contributed by atoms with Crippen molar-refractivity contribution in [3.63, 3.8) is 0 Å². The number of hydrogen-bond acceptors (Lipinski definition) is 3. The van der Waals surface area contributed by atoms with Crippen molar-refractivity contribution in [3.8, 4) is 11.5 Å². The first-order valence-corrected chi connectivity index (χ1v) is 6.82. The number of nitrogens with one attached hydrogen (secondary N) is 1. The summed E-state index contributed by atoms with van der Waals surface area (Å²) in [6.07, 6.45) is -0.593. The second-order valence-corrected chi connectivity index (χ2v) is 4.61. The van der Waals surface area contributed by atoms with E-state index in [1.807, 2.05) is 42.5 Å². The van der Waals surface area contributed by atoms with E-state index in [0.717, 1.165) is 5.56 Å². The first kappa shape index (κ1) is 14.9. The molecule has 2 aromatic carbocycles. The van der Waals surface area contributed by atoms with Crippen molar-refractivity contribution in [1.82, 2.24) is 5.32 Å². The molecule has 1 atom stereocenters. The van der Waals surface area contributed by atoms with Gasteiger partial charge in [0.1, 0.15) is 0 Å². The highest BCUT2D eigenvalue weighted by Gasteiger charge is 2.16. The van der Waals surface area contributed by atoms with E-state index in [-0.39, 0.29) is 5.91 Å². The number of ether oxygens (including phenoxy) is 2. The largest absolute Gasteiger partial charge is 0.493 e. The fourth-order valence-corrected chi connectivity index (χ4v) is 1.89. The van der Waals surface area contributed by atoms with Crippen molar-refractivity contribution in [1.29, 1.82) is 0 Å². The van der Waals surface area contributed by atoms with Gasteiger partial charge in [0.2, 0.25) is 0 Å². The predicted molar refractivity (Wildman–Crippen MR) is 81.4 cm³/mol. The van der Waals surface area contributed by atoms with Crippen LogP contribution in [0.3, 0.4) is 0 Å². The van der Waals surface area contributed by atoms with Crippen LogP contribution in [0.1, 0.15) is 12.5 Å². The third-order valence-electron chi connectivity index (χ3n) is 3.05. The summed E-state index contributed by atoms with van der Waals surface area (Å²) in [6.45, 7) is 2.20. The van der Waals surface area contributed by atoms with E-state index >= 15 is 0 Å². The standard InChI is InChI=1S/C17H19NO3/c1-13(21-16-11-7-6-10-15(16)20-2)17(19)18-12-14-8-4-3-5-9-14/h3-11,13H,12H2,1-2H3,(H,18,19)/t13-/m1/s1. The minimum absolute atomic E-state index is 0.162. The summed E-state index contributed by atoms with van der Waals surface area (Å²) < 4.78 is 10.8. The van der Waals surface area contributed by atoms with Gasteiger partial charge in [0.15, 0.2) is 17.6 Å². The number of hydrogen-bond donors (Lipinski definition) is 1. The Kier molecular flexibility index (Phi) is 5.21. The second-order valence-electron chi connectivity index (χ2n) is 4.61. The lowest BCUT2D eigenvalue weighted by atomic mass is 10.2. The molecule has 0 fully saturated rings. The fourth-order valence-electron chi connectivity index (χ4n) is 1.89. The summed E-state index contributed by atoms with van der Waals surface area (Å²) in [6, 6.07) is 17.0. The highest BCUT2D eigenvalue weighted by molar-refractivity contribution is 5.80. The fraction of sp³-hybridized carbons (Fsp3) is 0.235. The maximum Gasteiger partial charge on any atom is 0.261 e. The monoisotopic (exact) mass is 285 g/mol. The molecule has 0 saturated heterocycles. The molecule has 4 nitrogen and oxygen atoms in total. The molecule has 2 aromatic rings. The second kappa shape index (κ2) is 7.33. The average Bonchev–Trinajstić information content (AvgIpc) is 2.54. The van der Waals surface area contributed by atoms with E-state index in [1.165, 1.54) is 0 Å². The van der Waals surface area contributed by atoms with Gasteiger partial charge in [0, 0.05) is 6.54 Å². The van der Waals surface area contributed by atoms with Gasteiger partial charge < -0.3 is 14.8 Å². The molecule has 4 heteroatoms. The number of para-hydroxylation sites is 2. The Morgan fingerprint density at radius 2 is 1.67 bits per heavy atom. The zero-order valence-corrected chi connectivity index (χ0v) is 12.2. The molecule has 0 aliphatic rings. The lowest BCUT2D eigenvalue weighted by molar-refractivity contribution is -0.127. The van der Waals surface area contributed by atoms with Crippen LogP contribution in [0.15, 0.2) is 54.6 Å². The average molecular weight is 285 g/mol. The third kappa shape index (κ3) is 4.24. The molecule has 0 aliphatic carbocycles. The highest BCUT2D eigenvalue weighted by Crippen LogP contribution is 2.26. The first-order chi connectivity index (χ1) is 10.2. The number of benzene rings is 2. The van der Waals surface area contributed by atoms with Gasteiger partial charge in [-0.25, -0.2) is 0 Å². The van der Waals surface area contributed by atoms with E-state index in [0.29, 0.717) is 18.0 Å². The molecule has 2 rings (SSSR count). The molecule has 110 valence electrons. The molecule has 0 aromatic heterocycles. The first-order valence-electron chi connectivity index (χ1n) is 6.82. The van der Waals surface area contributed by atoms with Gasteiger partial charge in [-0.1, -0.05) is 42.5 Å². The van der Waals surface area contributed by atoms with Crippen LogP contribution >= 0.6 is 0 Å². The third-order valence-corrected chi connectivity index (χ3v) is 3.05. The Balaban J connectivity index is 1.90. The molecule has 0 unspecified atom stereocenters. The summed E-state index contributed by atoms with van der Waals surface area (Å²) in [4.78, 5) is 12.0. The minimum Gasteiger partial charge on any atom is -0.493 e. The zero-order valence-electron chi connectivity index (χ0n) is 12.2. The lowest BCUT2D eigenvalue weighted by Gasteiger charge is -2.16. The van der Waals surface area contributed by atoms with Crippen LogP contribution in [0.2, 0.25) is 0 Å². The van der Waals surface area contributed by atoms with Gasteiger partial charge >= 0.3 is 0 Å². The number of carbonyl (C=O) groups excluding carboxylic acids is 1. The molecule has 1 amide bonds. The van der Waals surface area contributed by atoms with Crippen LogP contribution in [0.25, 0.3) is 0 Å². The van der Waals surface area contributed by atoms with E-state index < -0.39 is 6.10 Å². The molecular weight excluding hydrogens is 266 g/mol. The number of methoxy groups -OCH3 is 1.